The number of Topliss-reactive ketones (excluding diaryl/α,β-unsaturated/α-hetero) is 1. The molecule has 0 bridgehead atoms. The van der Waals surface area contributed by atoms with Crippen molar-refractivity contribution in [2.45, 2.75) is 13.0 Å². The number of halogens is 1. The van der Waals surface area contributed by atoms with Crippen LogP contribution in [0.15, 0.2) is 59.9 Å². The number of anilines is 1. The standard InChI is InChI=1S/C19H14FNO5/c1-10(22)15-16(13-7-2-3-8-14(13)20)21(18(24)17(15)23)12-6-4-5-11(9-12)19(25)26/h2-9,16,23H,1H3,(H,25,26). The van der Waals surface area contributed by atoms with Crippen molar-refractivity contribution in [1.29, 1.82) is 0 Å². The molecule has 0 radical (unpaired) electrons. The number of rotatable bonds is 4. The highest BCUT2D eigenvalue weighted by Gasteiger charge is 2.44. The highest BCUT2D eigenvalue weighted by molar-refractivity contribution is 6.16. The third-order valence-corrected chi connectivity index (χ3v) is 4.16. The van der Waals surface area contributed by atoms with Crippen LogP contribution >= 0.6 is 0 Å². The van der Waals surface area contributed by atoms with E-state index in [4.69, 9.17) is 5.11 Å². The summed E-state index contributed by atoms with van der Waals surface area (Å²) >= 11 is 0. The number of hydrogen-bond acceptors (Lipinski definition) is 4. The predicted molar refractivity (Wildman–Crippen MR) is 90.4 cm³/mol. The van der Waals surface area contributed by atoms with Crippen molar-refractivity contribution in [3.63, 3.8) is 0 Å². The number of carboxylic acids is 1. The van der Waals surface area contributed by atoms with E-state index in [0.717, 1.165) is 4.90 Å². The zero-order chi connectivity index (χ0) is 19.0. The molecule has 2 aromatic rings. The average Bonchev–Trinajstić information content (AvgIpc) is 2.87. The lowest BCUT2D eigenvalue weighted by atomic mass is 9.96. The Kier molecular flexibility index (Phi) is 4.29. The predicted octanol–water partition coefficient (Wildman–Crippen LogP) is 3.01. The highest BCUT2D eigenvalue weighted by atomic mass is 19.1. The minimum Gasteiger partial charge on any atom is -0.503 e. The molecule has 0 saturated carbocycles. The second-order valence-corrected chi connectivity index (χ2v) is 5.77. The lowest BCUT2D eigenvalue weighted by Gasteiger charge is -2.27. The third kappa shape index (κ3) is 2.73. The second kappa shape index (κ2) is 6.44. The Bertz CT molecular complexity index is 966. The lowest BCUT2D eigenvalue weighted by Crippen LogP contribution is -2.31. The Morgan fingerprint density at radius 1 is 1.12 bits per heavy atom. The summed E-state index contributed by atoms with van der Waals surface area (Å²) in [6, 6.07) is 9.84. The first-order valence-corrected chi connectivity index (χ1v) is 7.68. The summed E-state index contributed by atoms with van der Waals surface area (Å²) in [6.07, 6.45) is 0. The van der Waals surface area contributed by atoms with Gasteiger partial charge in [0.2, 0.25) is 0 Å². The van der Waals surface area contributed by atoms with Gasteiger partial charge in [-0.25, -0.2) is 9.18 Å². The van der Waals surface area contributed by atoms with Crippen LogP contribution in [0.2, 0.25) is 0 Å². The Balaban J connectivity index is 2.22. The molecule has 0 saturated heterocycles. The van der Waals surface area contributed by atoms with Gasteiger partial charge in [-0.1, -0.05) is 24.3 Å². The molecule has 0 fully saturated rings. The number of nitrogens with zero attached hydrogens (tertiary/aromatic N) is 1. The maximum atomic E-state index is 14.4. The van der Waals surface area contributed by atoms with Crippen molar-refractivity contribution in [3.8, 4) is 0 Å². The first-order valence-electron chi connectivity index (χ1n) is 7.68. The molecule has 7 heteroatoms. The summed E-state index contributed by atoms with van der Waals surface area (Å²) in [5, 5.41) is 19.3. The van der Waals surface area contributed by atoms with Crippen molar-refractivity contribution < 1.29 is 29.0 Å². The van der Waals surface area contributed by atoms with Crippen LogP contribution in [0.25, 0.3) is 0 Å². The van der Waals surface area contributed by atoms with Gasteiger partial charge in [0.25, 0.3) is 5.91 Å². The van der Waals surface area contributed by atoms with Crippen LogP contribution in [0.5, 0.6) is 0 Å². The van der Waals surface area contributed by atoms with Crippen molar-refractivity contribution in [3.05, 3.63) is 76.8 Å². The van der Waals surface area contributed by atoms with Crippen LogP contribution in [0.1, 0.15) is 28.9 Å². The molecular weight excluding hydrogens is 341 g/mol. The van der Waals surface area contributed by atoms with Gasteiger partial charge in [0, 0.05) is 11.3 Å². The molecule has 0 spiro atoms. The summed E-state index contributed by atoms with van der Waals surface area (Å²) in [5.41, 5.74) is -0.166. The number of carbonyl (C=O) groups excluding carboxylic acids is 2. The first kappa shape index (κ1) is 17.3. The van der Waals surface area contributed by atoms with Crippen molar-refractivity contribution in [1.82, 2.24) is 0 Å². The van der Waals surface area contributed by atoms with Crippen LogP contribution in [0, 0.1) is 5.82 Å². The van der Waals surface area contributed by atoms with Crippen molar-refractivity contribution >= 4 is 23.3 Å². The summed E-state index contributed by atoms with van der Waals surface area (Å²) in [5.74, 6) is -4.11. The number of carboxylic acid groups (broad SMARTS) is 1. The van der Waals surface area contributed by atoms with E-state index in [1.807, 2.05) is 0 Å². The normalized spacial score (nSPS) is 16.9. The van der Waals surface area contributed by atoms with Crippen LogP contribution in [-0.2, 0) is 9.59 Å². The van der Waals surface area contributed by atoms with Crippen LogP contribution in [0.4, 0.5) is 10.1 Å². The smallest absolute Gasteiger partial charge is 0.335 e. The van der Waals surface area contributed by atoms with Gasteiger partial charge in [-0.15, -0.1) is 0 Å². The zero-order valence-electron chi connectivity index (χ0n) is 13.6. The number of ketones is 1. The molecule has 0 aliphatic carbocycles. The molecule has 3 rings (SSSR count). The third-order valence-electron chi connectivity index (χ3n) is 4.16. The summed E-state index contributed by atoms with van der Waals surface area (Å²) in [4.78, 5) is 36.9. The quantitative estimate of drug-likeness (QED) is 0.879. The minimum absolute atomic E-state index is 0.0239. The van der Waals surface area contributed by atoms with Gasteiger partial charge in [-0.3, -0.25) is 14.5 Å². The fourth-order valence-corrected chi connectivity index (χ4v) is 3.01. The van der Waals surface area contributed by atoms with Gasteiger partial charge in [-0.2, -0.15) is 0 Å². The second-order valence-electron chi connectivity index (χ2n) is 5.77. The SMILES string of the molecule is CC(=O)C1=C(O)C(=O)N(c2cccc(C(=O)O)c2)C1c1ccccc1F. The average molecular weight is 355 g/mol. The largest absolute Gasteiger partial charge is 0.503 e. The Morgan fingerprint density at radius 2 is 1.81 bits per heavy atom. The molecule has 1 aliphatic heterocycles. The Labute approximate surface area is 147 Å². The Hall–Kier alpha value is -3.48. The fraction of sp³-hybridized carbons (Fsp3) is 0.105. The van der Waals surface area contributed by atoms with Gasteiger partial charge in [0.1, 0.15) is 5.82 Å². The molecule has 1 atom stereocenters. The number of benzene rings is 2. The molecule has 26 heavy (non-hydrogen) atoms. The van der Waals surface area contributed by atoms with E-state index in [0.29, 0.717) is 0 Å². The molecule has 6 nitrogen and oxygen atoms in total. The van der Waals surface area contributed by atoms with E-state index in [2.05, 4.69) is 0 Å². The minimum atomic E-state index is -1.20. The maximum Gasteiger partial charge on any atom is 0.335 e. The number of aliphatic hydroxyl groups excluding tert-OH is 1. The van der Waals surface area contributed by atoms with Crippen molar-refractivity contribution in [2.75, 3.05) is 4.90 Å². The van der Waals surface area contributed by atoms with Crippen LogP contribution < -0.4 is 4.90 Å². The number of aromatic carboxylic acids is 1. The summed E-state index contributed by atoms with van der Waals surface area (Å²) in [7, 11) is 0. The van der Waals surface area contributed by atoms with Gasteiger partial charge < -0.3 is 10.2 Å². The number of aliphatic hydroxyl groups is 1. The molecule has 0 aromatic heterocycles. The summed E-state index contributed by atoms with van der Waals surface area (Å²) in [6.45, 7) is 1.17. The molecule has 2 N–H and O–H groups in total. The van der Waals surface area contributed by atoms with E-state index in [1.165, 1.54) is 49.4 Å². The van der Waals surface area contributed by atoms with Gasteiger partial charge in [-0.05, 0) is 31.2 Å². The van der Waals surface area contributed by atoms with Crippen LogP contribution in [0.3, 0.4) is 0 Å². The fourth-order valence-electron chi connectivity index (χ4n) is 3.01. The lowest BCUT2D eigenvalue weighted by molar-refractivity contribution is -0.117. The number of carbonyl (C=O) groups is 3. The molecule has 1 unspecified atom stereocenters. The topological polar surface area (TPSA) is 94.9 Å². The van der Waals surface area contributed by atoms with Gasteiger partial charge >= 0.3 is 5.97 Å². The zero-order valence-corrected chi connectivity index (χ0v) is 13.6. The molecule has 1 amide bonds. The van der Waals surface area contributed by atoms with E-state index >= 15 is 0 Å². The molecule has 2 aromatic carbocycles. The van der Waals surface area contributed by atoms with Crippen molar-refractivity contribution in [2.24, 2.45) is 0 Å². The monoisotopic (exact) mass is 355 g/mol. The van der Waals surface area contributed by atoms with E-state index < -0.39 is 35.3 Å². The van der Waals surface area contributed by atoms with E-state index in [-0.39, 0.29) is 22.4 Å². The first-order chi connectivity index (χ1) is 12.3. The van der Waals surface area contributed by atoms with E-state index in [1.54, 1.807) is 6.07 Å². The maximum absolute atomic E-state index is 14.4. The molecule has 1 heterocycles. The molecule has 132 valence electrons. The van der Waals surface area contributed by atoms with Crippen LogP contribution in [-0.4, -0.2) is 27.9 Å². The van der Waals surface area contributed by atoms with Gasteiger partial charge in [0.15, 0.2) is 11.5 Å². The highest BCUT2D eigenvalue weighted by Crippen LogP contribution is 2.41. The van der Waals surface area contributed by atoms with Gasteiger partial charge in [0.05, 0.1) is 17.2 Å². The Morgan fingerprint density at radius 3 is 2.42 bits per heavy atom. The summed E-state index contributed by atoms with van der Waals surface area (Å²) < 4.78 is 14.4. The molecular formula is C19H14FNO5. The molecule has 1 aliphatic rings. The number of amides is 1. The van der Waals surface area contributed by atoms with E-state index in [9.17, 15) is 23.9 Å². The number of hydrogen-bond donors (Lipinski definition) is 2.